The molecule has 0 fully saturated rings. The number of aromatic hydroxyl groups is 1. The summed E-state index contributed by atoms with van der Waals surface area (Å²) in [7, 11) is -3.95. The van der Waals surface area contributed by atoms with Crippen LogP contribution < -0.4 is 9.62 Å². The first kappa shape index (κ1) is 28.6. The molecule has 3 aromatic carbocycles. The fraction of sp³-hybridized carbons (Fsp3) is 0.188. The molecule has 0 saturated carbocycles. The zero-order valence-corrected chi connectivity index (χ0v) is 23.7. The van der Waals surface area contributed by atoms with Gasteiger partial charge in [-0.05, 0) is 97.5 Å². The molecule has 4 aromatic rings. The summed E-state index contributed by atoms with van der Waals surface area (Å²) >= 11 is 0. The number of hydrogen-bond acceptors (Lipinski definition) is 5. The molecule has 0 aliphatic heterocycles. The summed E-state index contributed by atoms with van der Waals surface area (Å²) in [5.41, 5.74) is 5.31. The molecule has 8 heteroatoms. The summed E-state index contributed by atoms with van der Waals surface area (Å²) in [4.78, 5) is 16.5. The van der Waals surface area contributed by atoms with E-state index in [1.54, 1.807) is 80.8 Å². The van der Waals surface area contributed by atoms with Gasteiger partial charge in [0.05, 0.1) is 17.1 Å². The molecular formula is C32H33N3O4S. The van der Waals surface area contributed by atoms with Gasteiger partial charge < -0.3 is 10.4 Å². The van der Waals surface area contributed by atoms with Crippen molar-refractivity contribution in [3.63, 3.8) is 0 Å². The molecule has 0 spiro atoms. The molecule has 0 aliphatic carbocycles. The van der Waals surface area contributed by atoms with Crippen molar-refractivity contribution in [1.29, 1.82) is 0 Å². The van der Waals surface area contributed by atoms with E-state index in [0.29, 0.717) is 35.3 Å². The standard InChI is InChI=1S/C32H33N3O4S/c1-23-19-24(2)32(25(3)20-23)40(38,39)35(22-28-5-4-6-30(36)21-28)29-10-7-26(8-11-29)9-12-31(37)34-18-15-27-13-16-33-17-14-27/h4-14,16-17,19-21,36H,15,18,22H2,1-3H3,(H,34,37)/b12-9+. The minimum atomic E-state index is -3.95. The maximum Gasteiger partial charge on any atom is 0.265 e. The van der Waals surface area contributed by atoms with Crippen molar-refractivity contribution in [1.82, 2.24) is 10.3 Å². The first-order valence-electron chi connectivity index (χ1n) is 13.0. The smallest absolute Gasteiger partial charge is 0.265 e. The summed E-state index contributed by atoms with van der Waals surface area (Å²) in [6.07, 6.45) is 7.30. The van der Waals surface area contributed by atoms with E-state index in [-0.39, 0.29) is 23.1 Å². The van der Waals surface area contributed by atoms with Gasteiger partial charge in [-0.25, -0.2) is 8.42 Å². The lowest BCUT2D eigenvalue weighted by Crippen LogP contribution is -2.31. The first-order chi connectivity index (χ1) is 19.1. The van der Waals surface area contributed by atoms with Gasteiger partial charge >= 0.3 is 0 Å². The number of aryl methyl sites for hydroxylation is 3. The van der Waals surface area contributed by atoms with Crippen molar-refractivity contribution in [2.75, 3.05) is 10.8 Å². The molecule has 0 radical (unpaired) electrons. The molecule has 206 valence electrons. The molecule has 7 nitrogen and oxygen atoms in total. The largest absolute Gasteiger partial charge is 0.508 e. The number of benzene rings is 3. The minimum Gasteiger partial charge on any atom is -0.508 e. The number of amides is 1. The zero-order chi connectivity index (χ0) is 28.7. The summed E-state index contributed by atoms with van der Waals surface area (Å²) in [5.74, 6) is -0.145. The average molecular weight is 556 g/mol. The van der Waals surface area contributed by atoms with E-state index < -0.39 is 10.0 Å². The second-order valence-electron chi connectivity index (χ2n) is 9.73. The van der Waals surface area contributed by atoms with Gasteiger partial charge in [-0.1, -0.05) is 42.0 Å². The van der Waals surface area contributed by atoms with Crippen LogP contribution in [0.2, 0.25) is 0 Å². The van der Waals surface area contributed by atoms with Crippen molar-refractivity contribution in [3.05, 3.63) is 125 Å². The topological polar surface area (TPSA) is 99.6 Å². The lowest BCUT2D eigenvalue weighted by molar-refractivity contribution is -0.116. The van der Waals surface area contributed by atoms with E-state index in [4.69, 9.17) is 0 Å². The minimum absolute atomic E-state index is 0.0402. The van der Waals surface area contributed by atoms with Crippen molar-refractivity contribution in [2.45, 2.75) is 38.6 Å². The highest BCUT2D eigenvalue weighted by atomic mass is 32.2. The third-order valence-electron chi connectivity index (χ3n) is 6.46. The predicted octanol–water partition coefficient (Wildman–Crippen LogP) is 5.48. The molecule has 40 heavy (non-hydrogen) atoms. The molecule has 0 bridgehead atoms. The molecule has 1 heterocycles. The van der Waals surface area contributed by atoms with Crippen LogP contribution in [0, 0.1) is 20.8 Å². The van der Waals surface area contributed by atoms with Crippen LogP contribution in [0.1, 0.15) is 33.4 Å². The molecule has 0 atom stereocenters. The lowest BCUT2D eigenvalue weighted by Gasteiger charge is -2.27. The van der Waals surface area contributed by atoms with E-state index in [0.717, 1.165) is 16.7 Å². The summed E-state index contributed by atoms with van der Waals surface area (Å²) in [6, 6.07) is 21.1. The third-order valence-corrected chi connectivity index (χ3v) is 8.54. The molecular weight excluding hydrogens is 522 g/mol. The number of nitrogens with zero attached hydrogens (tertiary/aromatic N) is 2. The Labute approximate surface area is 235 Å². The highest BCUT2D eigenvalue weighted by Crippen LogP contribution is 2.31. The van der Waals surface area contributed by atoms with Gasteiger partial charge in [0.25, 0.3) is 10.0 Å². The second kappa shape index (κ2) is 12.6. The Bertz CT molecular complexity index is 1590. The fourth-order valence-electron chi connectivity index (χ4n) is 4.68. The number of sulfonamides is 1. The summed E-state index contributed by atoms with van der Waals surface area (Å²) in [6.45, 7) is 6.09. The quantitative estimate of drug-likeness (QED) is 0.253. The molecule has 2 N–H and O–H groups in total. The van der Waals surface area contributed by atoms with Crippen LogP contribution in [0.15, 0.2) is 96.2 Å². The summed E-state index contributed by atoms with van der Waals surface area (Å²) in [5, 5.41) is 12.8. The second-order valence-corrected chi connectivity index (χ2v) is 11.5. The third kappa shape index (κ3) is 7.15. The lowest BCUT2D eigenvalue weighted by atomic mass is 10.1. The van der Waals surface area contributed by atoms with Crippen LogP contribution in [0.5, 0.6) is 5.75 Å². The van der Waals surface area contributed by atoms with Gasteiger partial charge in [-0.15, -0.1) is 0 Å². The van der Waals surface area contributed by atoms with Crippen LogP contribution in [0.4, 0.5) is 5.69 Å². The number of carbonyl (C=O) groups is 1. The van der Waals surface area contributed by atoms with Crippen LogP contribution in [0.25, 0.3) is 6.08 Å². The SMILES string of the molecule is Cc1cc(C)c(S(=O)(=O)N(Cc2cccc(O)c2)c2ccc(/C=C/C(=O)NCCc3ccncc3)cc2)c(C)c1. The normalized spacial score (nSPS) is 11.5. The van der Waals surface area contributed by atoms with E-state index in [9.17, 15) is 18.3 Å². The maximum absolute atomic E-state index is 14.1. The Kier molecular flexibility index (Phi) is 9.01. The monoisotopic (exact) mass is 555 g/mol. The van der Waals surface area contributed by atoms with Gasteiger partial charge in [0.15, 0.2) is 0 Å². The zero-order valence-electron chi connectivity index (χ0n) is 22.8. The van der Waals surface area contributed by atoms with Crippen molar-refractivity contribution >= 4 is 27.7 Å². The Hall–Kier alpha value is -4.43. The van der Waals surface area contributed by atoms with Crippen molar-refractivity contribution < 1.29 is 18.3 Å². The number of rotatable bonds is 10. The molecule has 0 unspecified atom stereocenters. The van der Waals surface area contributed by atoms with Crippen LogP contribution in [-0.2, 0) is 27.8 Å². The van der Waals surface area contributed by atoms with E-state index in [1.807, 2.05) is 31.2 Å². The highest BCUT2D eigenvalue weighted by molar-refractivity contribution is 7.92. The number of nitrogens with one attached hydrogen (secondary N) is 1. The Morgan fingerprint density at radius 2 is 1.60 bits per heavy atom. The predicted molar refractivity (Wildman–Crippen MR) is 159 cm³/mol. The van der Waals surface area contributed by atoms with Gasteiger partial charge in [0.1, 0.15) is 5.75 Å². The fourth-order valence-corrected chi connectivity index (χ4v) is 6.55. The Morgan fingerprint density at radius 3 is 2.25 bits per heavy atom. The number of phenolic OH excluding ortho intramolecular Hbond substituents is 1. The molecule has 1 amide bonds. The number of pyridine rings is 1. The number of hydrogen-bond donors (Lipinski definition) is 2. The van der Waals surface area contributed by atoms with E-state index in [2.05, 4.69) is 10.3 Å². The van der Waals surface area contributed by atoms with Crippen molar-refractivity contribution in [2.24, 2.45) is 0 Å². The van der Waals surface area contributed by atoms with Gasteiger partial charge in [-0.2, -0.15) is 0 Å². The van der Waals surface area contributed by atoms with Crippen molar-refractivity contribution in [3.8, 4) is 5.75 Å². The number of carbonyl (C=O) groups excluding carboxylic acids is 1. The Balaban J connectivity index is 1.55. The van der Waals surface area contributed by atoms with Crippen LogP contribution in [-0.4, -0.2) is 31.0 Å². The number of phenols is 1. The number of aromatic nitrogens is 1. The van der Waals surface area contributed by atoms with Gasteiger partial charge in [0, 0.05) is 25.0 Å². The summed E-state index contributed by atoms with van der Waals surface area (Å²) < 4.78 is 29.5. The van der Waals surface area contributed by atoms with Gasteiger partial charge in [-0.3, -0.25) is 14.1 Å². The molecule has 4 rings (SSSR count). The van der Waals surface area contributed by atoms with Gasteiger partial charge in [0.2, 0.25) is 5.91 Å². The van der Waals surface area contributed by atoms with E-state index in [1.165, 1.54) is 10.4 Å². The Morgan fingerprint density at radius 1 is 0.925 bits per heavy atom. The first-order valence-corrected chi connectivity index (χ1v) is 14.4. The van der Waals surface area contributed by atoms with Crippen LogP contribution in [0.3, 0.4) is 0 Å². The molecule has 0 saturated heterocycles. The van der Waals surface area contributed by atoms with Crippen LogP contribution >= 0.6 is 0 Å². The maximum atomic E-state index is 14.1. The average Bonchev–Trinajstić information content (AvgIpc) is 2.91. The molecule has 1 aromatic heterocycles. The highest BCUT2D eigenvalue weighted by Gasteiger charge is 2.28. The van der Waals surface area contributed by atoms with E-state index >= 15 is 0 Å². The number of anilines is 1. The molecule has 0 aliphatic rings.